The van der Waals surface area contributed by atoms with E-state index in [1.54, 1.807) is 0 Å². The van der Waals surface area contributed by atoms with Crippen molar-refractivity contribution in [3.8, 4) is 0 Å². The maximum Gasteiger partial charge on any atom is 0.230 e. The molecule has 0 aromatic rings. The lowest BCUT2D eigenvalue weighted by atomic mass is 9.95. The van der Waals surface area contributed by atoms with E-state index in [1.165, 1.54) is 6.92 Å². The molecule has 0 bridgehead atoms. The van der Waals surface area contributed by atoms with Crippen molar-refractivity contribution in [2.75, 3.05) is 6.54 Å². The fourth-order valence-corrected chi connectivity index (χ4v) is 1.80. The van der Waals surface area contributed by atoms with Crippen molar-refractivity contribution in [3.63, 3.8) is 0 Å². The van der Waals surface area contributed by atoms with Gasteiger partial charge in [-0.25, -0.2) is 0 Å². The van der Waals surface area contributed by atoms with Crippen LogP contribution in [0.5, 0.6) is 0 Å². The summed E-state index contributed by atoms with van der Waals surface area (Å²) in [6.45, 7) is 3.19. The van der Waals surface area contributed by atoms with Crippen LogP contribution in [0.3, 0.4) is 0 Å². The van der Waals surface area contributed by atoms with Gasteiger partial charge in [-0.3, -0.25) is 19.3 Å². The van der Waals surface area contributed by atoms with Crippen molar-refractivity contribution in [1.29, 1.82) is 0 Å². The topological polar surface area (TPSA) is 80.5 Å². The predicted molar refractivity (Wildman–Crippen MR) is 53.8 cm³/mol. The van der Waals surface area contributed by atoms with Gasteiger partial charge in [0.05, 0.1) is 0 Å². The van der Waals surface area contributed by atoms with Crippen LogP contribution >= 0.6 is 0 Å². The molecular weight excluding hydrogens is 196 g/mol. The van der Waals surface area contributed by atoms with Gasteiger partial charge in [-0.05, 0) is 12.8 Å². The maximum atomic E-state index is 11.6. The number of likely N-dealkylation sites (tertiary alicyclic amines) is 1. The molecule has 0 spiro atoms. The molecule has 2 amide bonds. The number of hydrogen-bond acceptors (Lipinski definition) is 4. The monoisotopic (exact) mass is 212 g/mol. The third-order valence-corrected chi connectivity index (χ3v) is 2.59. The van der Waals surface area contributed by atoms with Gasteiger partial charge in [0.2, 0.25) is 11.8 Å². The molecule has 1 rings (SSSR count). The van der Waals surface area contributed by atoms with Crippen LogP contribution in [0, 0.1) is 5.92 Å². The minimum atomic E-state index is -0.780. The van der Waals surface area contributed by atoms with Crippen LogP contribution in [-0.4, -0.2) is 35.1 Å². The summed E-state index contributed by atoms with van der Waals surface area (Å²) in [7, 11) is 0. The second kappa shape index (κ2) is 4.53. The number of ketones is 1. The summed E-state index contributed by atoms with van der Waals surface area (Å²) < 4.78 is 0. The number of nitrogens with zero attached hydrogens (tertiary/aromatic N) is 1. The summed E-state index contributed by atoms with van der Waals surface area (Å²) in [5.41, 5.74) is 5.40. The van der Waals surface area contributed by atoms with Gasteiger partial charge >= 0.3 is 0 Å². The number of amides is 2. The predicted octanol–water partition coefficient (Wildman–Crippen LogP) is -0.312. The lowest BCUT2D eigenvalue weighted by Crippen LogP contribution is -2.54. The highest BCUT2D eigenvalue weighted by atomic mass is 16.2. The van der Waals surface area contributed by atoms with Crippen molar-refractivity contribution in [2.24, 2.45) is 11.7 Å². The zero-order valence-electron chi connectivity index (χ0n) is 9.03. The first-order chi connectivity index (χ1) is 6.97. The number of piperidine rings is 1. The van der Waals surface area contributed by atoms with Gasteiger partial charge in [0.1, 0.15) is 6.04 Å². The molecule has 0 aromatic heterocycles. The number of imide groups is 1. The zero-order valence-corrected chi connectivity index (χ0v) is 9.03. The molecule has 1 heterocycles. The van der Waals surface area contributed by atoms with E-state index in [2.05, 4.69) is 0 Å². The number of carbonyl (C=O) groups excluding carboxylic acids is 3. The first-order valence-corrected chi connectivity index (χ1v) is 5.02. The lowest BCUT2D eigenvalue weighted by Gasteiger charge is -2.32. The molecule has 5 heteroatoms. The van der Waals surface area contributed by atoms with Gasteiger partial charge in [-0.15, -0.1) is 0 Å². The first kappa shape index (κ1) is 11.8. The van der Waals surface area contributed by atoms with Crippen LogP contribution in [0.1, 0.15) is 26.7 Å². The highest BCUT2D eigenvalue weighted by Crippen LogP contribution is 2.20. The summed E-state index contributed by atoms with van der Waals surface area (Å²) >= 11 is 0. The molecule has 15 heavy (non-hydrogen) atoms. The molecule has 1 saturated heterocycles. The molecular formula is C10H16N2O3. The number of rotatable bonds is 3. The molecule has 0 aliphatic carbocycles. The van der Waals surface area contributed by atoms with E-state index in [-0.39, 0.29) is 30.1 Å². The summed E-state index contributed by atoms with van der Waals surface area (Å²) in [4.78, 5) is 35.5. The molecule has 2 N–H and O–H groups in total. The van der Waals surface area contributed by atoms with Crippen molar-refractivity contribution in [3.05, 3.63) is 0 Å². The molecule has 84 valence electrons. The molecule has 1 aliphatic rings. The molecule has 0 aromatic carbocycles. The van der Waals surface area contributed by atoms with Crippen molar-refractivity contribution in [1.82, 2.24) is 4.90 Å². The summed E-state index contributed by atoms with van der Waals surface area (Å²) in [5, 5.41) is 0. The van der Waals surface area contributed by atoms with E-state index in [0.29, 0.717) is 12.8 Å². The zero-order chi connectivity index (χ0) is 11.6. The Balaban J connectivity index is 2.87. The number of nitrogens with two attached hydrogens (primary N) is 1. The van der Waals surface area contributed by atoms with Crippen LogP contribution in [0.2, 0.25) is 0 Å². The van der Waals surface area contributed by atoms with Gasteiger partial charge in [0.15, 0.2) is 5.78 Å². The Bertz CT molecular complexity index is 283. The maximum absolute atomic E-state index is 11.6. The highest BCUT2D eigenvalue weighted by molar-refractivity contribution is 6.02. The first-order valence-electron chi connectivity index (χ1n) is 5.02. The van der Waals surface area contributed by atoms with Crippen LogP contribution in [0.25, 0.3) is 0 Å². The Morgan fingerprint density at radius 1 is 1.47 bits per heavy atom. The third-order valence-electron chi connectivity index (χ3n) is 2.59. The number of carbonyl (C=O) groups is 3. The Hall–Kier alpha value is -1.23. The Kier molecular flexibility index (Phi) is 3.57. The van der Waals surface area contributed by atoms with E-state index in [0.717, 1.165) is 4.90 Å². The van der Waals surface area contributed by atoms with Gasteiger partial charge < -0.3 is 5.73 Å². The standard InChI is InChI=1S/C10H16N2O3/c1-6-3-9(14)12(10(15)4-6)8(5-11)7(2)13/h6,8H,3-5,11H2,1-2H3. The van der Waals surface area contributed by atoms with Crippen molar-refractivity contribution >= 4 is 17.6 Å². The molecule has 0 saturated carbocycles. The summed E-state index contributed by atoms with van der Waals surface area (Å²) in [6.07, 6.45) is 0.630. The molecule has 5 nitrogen and oxygen atoms in total. The Morgan fingerprint density at radius 2 is 1.93 bits per heavy atom. The molecule has 1 unspecified atom stereocenters. The van der Waals surface area contributed by atoms with Gasteiger partial charge in [-0.1, -0.05) is 6.92 Å². The average Bonchev–Trinajstić information content (AvgIpc) is 2.09. The van der Waals surface area contributed by atoms with Crippen LogP contribution in [0.4, 0.5) is 0 Å². The van der Waals surface area contributed by atoms with Crippen LogP contribution in [-0.2, 0) is 14.4 Å². The molecule has 1 atom stereocenters. The van der Waals surface area contributed by atoms with Crippen LogP contribution < -0.4 is 5.73 Å². The van der Waals surface area contributed by atoms with E-state index >= 15 is 0 Å². The minimum Gasteiger partial charge on any atom is -0.328 e. The van der Waals surface area contributed by atoms with E-state index in [9.17, 15) is 14.4 Å². The lowest BCUT2D eigenvalue weighted by molar-refractivity contribution is -0.155. The smallest absolute Gasteiger partial charge is 0.230 e. The number of hydrogen-bond donors (Lipinski definition) is 1. The fraction of sp³-hybridized carbons (Fsp3) is 0.700. The Morgan fingerprint density at radius 3 is 2.27 bits per heavy atom. The summed E-state index contributed by atoms with van der Waals surface area (Å²) in [5.74, 6) is -0.755. The average molecular weight is 212 g/mol. The normalized spacial score (nSPS) is 20.6. The van der Waals surface area contributed by atoms with Crippen LogP contribution in [0.15, 0.2) is 0 Å². The minimum absolute atomic E-state index is 0.00118. The molecule has 0 radical (unpaired) electrons. The quantitative estimate of drug-likeness (QED) is 0.650. The summed E-state index contributed by atoms with van der Waals surface area (Å²) in [6, 6.07) is -0.780. The van der Waals surface area contributed by atoms with E-state index in [1.807, 2.05) is 6.92 Å². The highest BCUT2D eigenvalue weighted by Gasteiger charge is 2.36. The number of Topliss-reactive ketones (excluding diaryl/α,β-unsaturated/α-hetero) is 1. The molecule has 1 fully saturated rings. The molecule has 1 aliphatic heterocycles. The SMILES string of the molecule is CC(=O)C(CN)N1C(=O)CC(C)CC1=O. The fourth-order valence-electron chi connectivity index (χ4n) is 1.80. The van der Waals surface area contributed by atoms with E-state index < -0.39 is 6.04 Å². The van der Waals surface area contributed by atoms with Gasteiger partial charge in [-0.2, -0.15) is 0 Å². The van der Waals surface area contributed by atoms with Crippen molar-refractivity contribution < 1.29 is 14.4 Å². The van der Waals surface area contributed by atoms with Gasteiger partial charge in [0.25, 0.3) is 0 Å². The second-order valence-corrected chi connectivity index (χ2v) is 4.03. The Labute approximate surface area is 88.6 Å². The van der Waals surface area contributed by atoms with Gasteiger partial charge in [0, 0.05) is 19.4 Å². The van der Waals surface area contributed by atoms with E-state index in [4.69, 9.17) is 5.73 Å². The second-order valence-electron chi connectivity index (χ2n) is 4.03. The van der Waals surface area contributed by atoms with Crippen molar-refractivity contribution in [2.45, 2.75) is 32.7 Å². The third kappa shape index (κ3) is 2.41. The largest absolute Gasteiger partial charge is 0.328 e.